The predicted molar refractivity (Wildman–Crippen MR) is 87.8 cm³/mol. The number of likely N-dealkylation sites (tertiary alicyclic amines) is 1. The largest absolute Gasteiger partial charge is 0.381 e. The summed E-state index contributed by atoms with van der Waals surface area (Å²) in [5, 5.41) is 0. The topological polar surface area (TPSA) is 29.5 Å². The molecule has 2 saturated heterocycles. The highest BCUT2D eigenvalue weighted by atomic mass is 16.5. The van der Waals surface area contributed by atoms with E-state index in [4.69, 9.17) is 4.74 Å². The highest BCUT2D eigenvalue weighted by Crippen LogP contribution is 2.35. The van der Waals surface area contributed by atoms with Gasteiger partial charge in [-0.05, 0) is 37.7 Å². The molecule has 3 rings (SSSR count). The van der Waals surface area contributed by atoms with Crippen LogP contribution in [0.15, 0.2) is 30.3 Å². The average molecular weight is 301 g/mol. The van der Waals surface area contributed by atoms with Crippen LogP contribution in [-0.4, -0.2) is 36.6 Å². The van der Waals surface area contributed by atoms with Crippen LogP contribution < -0.4 is 0 Å². The van der Waals surface area contributed by atoms with Crippen LogP contribution in [-0.2, 0) is 9.53 Å². The van der Waals surface area contributed by atoms with Crippen LogP contribution >= 0.6 is 0 Å². The third-order valence-corrected chi connectivity index (χ3v) is 5.28. The zero-order valence-electron chi connectivity index (χ0n) is 13.5. The zero-order chi connectivity index (χ0) is 15.4. The minimum atomic E-state index is 0.183. The van der Waals surface area contributed by atoms with Gasteiger partial charge in [0.2, 0.25) is 5.91 Å². The van der Waals surface area contributed by atoms with Crippen LogP contribution in [0.5, 0.6) is 0 Å². The Labute approximate surface area is 133 Å². The molecule has 1 aromatic rings. The predicted octanol–water partition coefficient (Wildman–Crippen LogP) is 3.60. The highest BCUT2D eigenvalue weighted by Gasteiger charge is 2.37. The molecule has 2 heterocycles. The van der Waals surface area contributed by atoms with Crippen molar-refractivity contribution >= 4 is 5.91 Å². The van der Waals surface area contributed by atoms with E-state index in [-0.39, 0.29) is 5.92 Å². The maximum atomic E-state index is 12.9. The van der Waals surface area contributed by atoms with Gasteiger partial charge in [0.1, 0.15) is 0 Å². The van der Waals surface area contributed by atoms with Crippen LogP contribution in [0.2, 0.25) is 0 Å². The average Bonchev–Trinajstić information content (AvgIpc) is 3.06. The lowest BCUT2D eigenvalue weighted by atomic mass is 9.87. The Morgan fingerprint density at radius 1 is 1.23 bits per heavy atom. The zero-order valence-corrected chi connectivity index (χ0v) is 13.5. The van der Waals surface area contributed by atoms with Gasteiger partial charge in [-0.1, -0.05) is 37.3 Å². The maximum absolute atomic E-state index is 12.9. The maximum Gasteiger partial charge on any atom is 0.226 e. The van der Waals surface area contributed by atoms with Crippen molar-refractivity contribution in [3.8, 4) is 0 Å². The molecule has 0 saturated carbocycles. The van der Waals surface area contributed by atoms with E-state index in [0.717, 1.165) is 51.9 Å². The minimum absolute atomic E-state index is 0.183. The molecule has 2 fully saturated rings. The molecule has 3 nitrogen and oxygen atoms in total. The number of hydrogen-bond acceptors (Lipinski definition) is 2. The Kier molecular flexibility index (Phi) is 5.14. The van der Waals surface area contributed by atoms with Crippen molar-refractivity contribution < 1.29 is 9.53 Å². The van der Waals surface area contributed by atoms with Crippen LogP contribution in [0.4, 0.5) is 0 Å². The summed E-state index contributed by atoms with van der Waals surface area (Å²) in [6.07, 6.45) is 5.16. The van der Waals surface area contributed by atoms with E-state index < -0.39 is 0 Å². The van der Waals surface area contributed by atoms with E-state index in [1.807, 2.05) is 0 Å². The summed E-state index contributed by atoms with van der Waals surface area (Å²) in [5.41, 5.74) is 1.38. The molecule has 120 valence electrons. The number of rotatable bonds is 4. The Morgan fingerprint density at radius 3 is 2.64 bits per heavy atom. The van der Waals surface area contributed by atoms with Crippen molar-refractivity contribution in [1.29, 1.82) is 0 Å². The van der Waals surface area contributed by atoms with Crippen LogP contribution in [0.3, 0.4) is 0 Å². The molecule has 2 aliphatic rings. The van der Waals surface area contributed by atoms with E-state index in [0.29, 0.717) is 17.9 Å². The molecule has 2 aliphatic heterocycles. The first-order chi connectivity index (χ1) is 10.8. The van der Waals surface area contributed by atoms with Gasteiger partial charge in [0, 0.05) is 37.6 Å². The van der Waals surface area contributed by atoms with E-state index in [1.165, 1.54) is 5.56 Å². The summed E-state index contributed by atoms with van der Waals surface area (Å²) >= 11 is 0. The normalized spacial score (nSPS) is 24.4. The first kappa shape index (κ1) is 15.5. The fourth-order valence-corrected chi connectivity index (χ4v) is 4.09. The summed E-state index contributed by atoms with van der Waals surface area (Å²) < 4.78 is 5.41. The molecule has 3 heteroatoms. The highest BCUT2D eigenvalue weighted by molar-refractivity contribution is 5.79. The van der Waals surface area contributed by atoms with Gasteiger partial charge >= 0.3 is 0 Å². The molecule has 0 spiro atoms. The van der Waals surface area contributed by atoms with Gasteiger partial charge in [-0.3, -0.25) is 4.79 Å². The molecular formula is C19H27NO2. The van der Waals surface area contributed by atoms with Gasteiger partial charge in [0.25, 0.3) is 0 Å². The number of benzene rings is 1. The first-order valence-electron chi connectivity index (χ1n) is 8.74. The smallest absolute Gasteiger partial charge is 0.226 e. The summed E-state index contributed by atoms with van der Waals surface area (Å²) in [5.74, 6) is 1.02. The van der Waals surface area contributed by atoms with E-state index in [9.17, 15) is 4.79 Å². The van der Waals surface area contributed by atoms with Crippen LogP contribution in [0.25, 0.3) is 0 Å². The lowest BCUT2D eigenvalue weighted by Gasteiger charge is -2.35. The molecule has 0 N–H and O–H groups in total. The van der Waals surface area contributed by atoms with E-state index in [1.54, 1.807) is 0 Å². The second kappa shape index (κ2) is 7.28. The van der Waals surface area contributed by atoms with Crippen molar-refractivity contribution in [3.63, 3.8) is 0 Å². The Hall–Kier alpha value is -1.35. The van der Waals surface area contributed by atoms with Gasteiger partial charge in [0.05, 0.1) is 0 Å². The van der Waals surface area contributed by atoms with E-state index in [2.05, 4.69) is 42.2 Å². The van der Waals surface area contributed by atoms with Crippen molar-refractivity contribution in [2.45, 2.75) is 51.0 Å². The Morgan fingerprint density at radius 2 is 1.95 bits per heavy atom. The molecule has 0 bridgehead atoms. The molecule has 0 aliphatic carbocycles. The van der Waals surface area contributed by atoms with Gasteiger partial charge in [-0.2, -0.15) is 0 Å². The number of nitrogens with zero attached hydrogens (tertiary/aromatic N) is 1. The molecule has 22 heavy (non-hydrogen) atoms. The lowest BCUT2D eigenvalue weighted by Crippen LogP contribution is -2.43. The minimum Gasteiger partial charge on any atom is -0.381 e. The van der Waals surface area contributed by atoms with Crippen molar-refractivity contribution in [1.82, 2.24) is 4.90 Å². The molecule has 0 unspecified atom stereocenters. The second-order valence-corrected chi connectivity index (χ2v) is 6.55. The third-order valence-electron chi connectivity index (χ3n) is 5.28. The molecule has 1 amide bonds. The number of carbonyl (C=O) groups is 1. The molecular weight excluding hydrogens is 274 g/mol. The number of carbonyl (C=O) groups excluding carboxylic acids is 1. The first-order valence-corrected chi connectivity index (χ1v) is 8.74. The van der Waals surface area contributed by atoms with Gasteiger partial charge in [0.15, 0.2) is 0 Å². The molecule has 2 atom stereocenters. The Balaban J connectivity index is 1.75. The summed E-state index contributed by atoms with van der Waals surface area (Å²) in [7, 11) is 0. The Bertz CT molecular complexity index is 481. The summed E-state index contributed by atoms with van der Waals surface area (Å²) in [6, 6.07) is 11.1. The van der Waals surface area contributed by atoms with Gasteiger partial charge < -0.3 is 9.64 Å². The van der Waals surface area contributed by atoms with Gasteiger partial charge in [-0.25, -0.2) is 0 Å². The molecule has 0 aromatic heterocycles. The van der Waals surface area contributed by atoms with Crippen LogP contribution in [0, 0.1) is 5.92 Å². The summed E-state index contributed by atoms with van der Waals surface area (Å²) in [6.45, 7) is 4.66. The fraction of sp³-hybridized carbons (Fsp3) is 0.632. The van der Waals surface area contributed by atoms with Crippen molar-refractivity contribution in [2.75, 3.05) is 19.8 Å². The third kappa shape index (κ3) is 3.19. The standard InChI is InChI=1S/C19H27NO2/c1-2-17(15-7-4-3-5-8-15)18-9-6-12-20(18)19(21)16-10-13-22-14-11-16/h3-5,7-8,16-18H,2,6,9-14H2,1H3/t17-,18+/m0/s1. The number of amides is 1. The van der Waals surface area contributed by atoms with Crippen LogP contribution in [0.1, 0.15) is 50.5 Å². The van der Waals surface area contributed by atoms with Crippen molar-refractivity contribution in [2.24, 2.45) is 5.92 Å². The molecule has 1 aromatic carbocycles. The quantitative estimate of drug-likeness (QED) is 0.850. The lowest BCUT2D eigenvalue weighted by molar-refractivity contribution is -0.139. The molecule has 0 radical (unpaired) electrons. The van der Waals surface area contributed by atoms with Gasteiger partial charge in [-0.15, -0.1) is 0 Å². The summed E-state index contributed by atoms with van der Waals surface area (Å²) in [4.78, 5) is 15.1. The second-order valence-electron chi connectivity index (χ2n) is 6.55. The van der Waals surface area contributed by atoms with E-state index >= 15 is 0 Å². The number of hydrogen-bond donors (Lipinski definition) is 0. The SMILES string of the molecule is CC[C@@H](c1ccccc1)[C@H]1CCCN1C(=O)C1CCOCC1. The fourth-order valence-electron chi connectivity index (χ4n) is 4.09. The van der Waals surface area contributed by atoms with Crippen molar-refractivity contribution in [3.05, 3.63) is 35.9 Å². The number of ether oxygens (including phenoxy) is 1. The monoisotopic (exact) mass is 301 g/mol.